The molecule has 1 aliphatic carbocycles. The number of hydrogen-bond donors (Lipinski definition) is 1. The number of nitrogens with zero attached hydrogens (tertiary/aromatic N) is 3. The molecular formula is C30H22N4O4. The number of ketones is 1. The van der Waals surface area contributed by atoms with Crippen LogP contribution in [0, 0.1) is 0 Å². The molecule has 0 atom stereocenters. The molecule has 1 aliphatic rings. The number of anilines is 1. The molecule has 0 radical (unpaired) electrons. The Morgan fingerprint density at radius 2 is 1.63 bits per heavy atom. The lowest BCUT2D eigenvalue weighted by Gasteiger charge is -2.21. The highest BCUT2D eigenvalue weighted by Crippen LogP contribution is 2.28. The number of carbonyl (C=O) groups is 2. The van der Waals surface area contributed by atoms with Crippen LogP contribution in [-0.4, -0.2) is 26.2 Å². The van der Waals surface area contributed by atoms with E-state index in [1.54, 1.807) is 36.4 Å². The van der Waals surface area contributed by atoms with Crippen LogP contribution in [0.5, 0.6) is 11.6 Å². The molecule has 0 bridgehead atoms. The summed E-state index contributed by atoms with van der Waals surface area (Å²) in [5.41, 5.74) is 2.39. The van der Waals surface area contributed by atoms with Gasteiger partial charge in [0.1, 0.15) is 17.6 Å². The molecule has 6 rings (SSSR count). The maximum atomic E-state index is 13.5. The maximum Gasteiger partial charge on any atom is 0.268 e. The minimum Gasteiger partial charge on any atom is -0.438 e. The number of benzene rings is 3. The minimum absolute atomic E-state index is 0.0660. The number of hydrogen-bond acceptors (Lipinski definition) is 6. The molecule has 2 aromatic heterocycles. The zero-order chi connectivity index (χ0) is 26.1. The molecule has 3 aromatic carbocycles. The van der Waals surface area contributed by atoms with Crippen molar-refractivity contribution in [2.24, 2.45) is 0 Å². The number of aromatic nitrogens is 3. The van der Waals surface area contributed by atoms with Gasteiger partial charge < -0.3 is 10.1 Å². The van der Waals surface area contributed by atoms with Crippen molar-refractivity contribution in [3.8, 4) is 17.3 Å². The fourth-order valence-electron chi connectivity index (χ4n) is 4.68. The number of fused-ring (bicyclic) bond motifs is 2. The molecule has 0 saturated heterocycles. The summed E-state index contributed by atoms with van der Waals surface area (Å²) in [5.74, 6) is 0.297. The number of nitrogens with one attached hydrogen (secondary N) is 1. The molecule has 0 spiro atoms. The summed E-state index contributed by atoms with van der Waals surface area (Å²) in [6.07, 6.45) is 3.10. The van der Waals surface area contributed by atoms with Crippen molar-refractivity contribution in [2.45, 2.75) is 19.3 Å². The Bertz CT molecular complexity index is 1740. The summed E-state index contributed by atoms with van der Waals surface area (Å²) in [7, 11) is 0. The monoisotopic (exact) mass is 502 g/mol. The summed E-state index contributed by atoms with van der Waals surface area (Å²) in [5, 5.41) is 3.56. The molecular weight excluding hydrogens is 480 g/mol. The second-order valence-corrected chi connectivity index (χ2v) is 8.95. The number of rotatable bonds is 5. The highest BCUT2D eigenvalue weighted by atomic mass is 16.5. The van der Waals surface area contributed by atoms with E-state index in [0.29, 0.717) is 53.5 Å². The van der Waals surface area contributed by atoms with Gasteiger partial charge in [-0.1, -0.05) is 30.3 Å². The van der Waals surface area contributed by atoms with Gasteiger partial charge >= 0.3 is 0 Å². The average Bonchev–Trinajstić information content (AvgIpc) is 2.95. The molecule has 1 amide bonds. The third-order valence-electron chi connectivity index (χ3n) is 6.51. The standard InChI is InChI=1S/C30H22N4O4/c35-27-12-6-11-26-23(27)17-24(30(37)34(26)20-7-2-1-3-8-20)28(36)33-19-13-15-21(16-14-19)38-29-22-9-4-5-10-25(22)31-18-32-29/h1-5,7-10,13-18H,6,11-12H2,(H,33,36). The fraction of sp³-hybridized carbons (Fsp3) is 0.100. The zero-order valence-corrected chi connectivity index (χ0v) is 20.3. The van der Waals surface area contributed by atoms with Crippen LogP contribution < -0.4 is 15.6 Å². The smallest absolute Gasteiger partial charge is 0.268 e. The molecule has 8 heteroatoms. The third-order valence-corrected chi connectivity index (χ3v) is 6.51. The quantitative estimate of drug-likeness (QED) is 0.348. The zero-order valence-electron chi connectivity index (χ0n) is 20.3. The Hall–Kier alpha value is -5.11. The molecule has 1 N–H and O–H groups in total. The molecule has 0 saturated carbocycles. The maximum absolute atomic E-state index is 13.5. The van der Waals surface area contributed by atoms with Crippen LogP contribution in [0.1, 0.15) is 39.3 Å². The van der Waals surface area contributed by atoms with Crippen molar-refractivity contribution in [1.29, 1.82) is 0 Å². The summed E-state index contributed by atoms with van der Waals surface area (Å²) >= 11 is 0. The summed E-state index contributed by atoms with van der Waals surface area (Å²) in [6.45, 7) is 0. The number of carbonyl (C=O) groups excluding carboxylic acids is 2. The van der Waals surface area contributed by atoms with Crippen molar-refractivity contribution in [3.05, 3.63) is 118 Å². The fourth-order valence-corrected chi connectivity index (χ4v) is 4.68. The Labute approximate surface area is 217 Å². The van der Waals surface area contributed by atoms with Gasteiger partial charge in [-0.15, -0.1) is 0 Å². The van der Waals surface area contributed by atoms with Crippen molar-refractivity contribution in [3.63, 3.8) is 0 Å². The van der Waals surface area contributed by atoms with Gasteiger partial charge in [0.25, 0.3) is 11.5 Å². The lowest BCUT2D eigenvalue weighted by Crippen LogP contribution is -2.33. The van der Waals surface area contributed by atoms with Crippen LogP contribution in [0.15, 0.2) is 96.1 Å². The number of ether oxygens (including phenoxy) is 1. The second-order valence-electron chi connectivity index (χ2n) is 8.95. The van der Waals surface area contributed by atoms with E-state index in [1.165, 1.54) is 17.0 Å². The van der Waals surface area contributed by atoms with Gasteiger partial charge in [-0.05, 0) is 67.4 Å². The highest BCUT2D eigenvalue weighted by molar-refractivity contribution is 6.06. The van der Waals surface area contributed by atoms with Gasteiger partial charge in [0, 0.05) is 29.1 Å². The van der Waals surface area contributed by atoms with Gasteiger partial charge in [0.15, 0.2) is 5.78 Å². The highest BCUT2D eigenvalue weighted by Gasteiger charge is 2.26. The van der Waals surface area contributed by atoms with Crippen LogP contribution in [-0.2, 0) is 6.42 Å². The first-order chi connectivity index (χ1) is 18.6. The first-order valence-electron chi connectivity index (χ1n) is 12.2. The normalized spacial score (nSPS) is 12.7. The van der Waals surface area contributed by atoms with E-state index in [-0.39, 0.29) is 11.3 Å². The van der Waals surface area contributed by atoms with Crippen molar-refractivity contribution in [1.82, 2.24) is 14.5 Å². The van der Waals surface area contributed by atoms with Crippen LogP contribution in [0.2, 0.25) is 0 Å². The Morgan fingerprint density at radius 1 is 0.868 bits per heavy atom. The Morgan fingerprint density at radius 3 is 2.45 bits per heavy atom. The molecule has 2 heterocycles. The summed E-state index contributed by atoms with van der Waals surface area (Å²) < 4.78 is 7.43. The van der Waals surface area contributed by atoms with E-state index >= 15 is 0 Å². The molecule has 0 aliphatic heterocycles. The van der Waals surface area contributed by atoms with Gasteiger partial charge in [0.2, 0.25) is 5.88 Å². The van der Waals surface area contributed by atoms with Crippen molar-refractivity contribution < 1.29 is 14.3 Å². The van der Waals surface area contributed by atoms with E-state index in [9.17, 15) is 14.4 Å². The SMILES string of the molecule is O=C1CCCc2c1cc(C(=O)Nc1ccc(Oc3ncnc4ccccc34)cc1)c(=O)n2-c1ccccc1. The van der Waals surface area contributed by atoms with Crippen LogP contribution in [0.3, 0.4) is 0 Å². The molecule has 38 heavy (non-hydrogen) atoms. The summed E-state index contributed by atoms with van der Waals surface area (Å²) in [4.78, 5) is 47.9. The first kappa shape index (κ1) is 23.3. The first-order valence-corrected chi connectivity index (χ1v) is 12.2. The van der Waals surface area contributed by atoms with E-state index in [2.05, 4.69) is 15.3 Å². The van der Waals surface area contributed by atoms with Gasteiger partial charge in [-0.3, -0.25) is 19.0 Å². The largest absolute Gasteiger partial charge is 0.438 e. The summed E-state index contributed by atoms with van der Waals surface area (Å²) in [6, 6.07) is 24.8. The molecule has 0 unspecified atom stereocenters. The number of pyridine rings is 1. The Balaban J connectivity index is 1.29. The van der Waals surface area contributed by atoms with E-state index in [1.807, 2.05) is 42.5 Å². The predicted molar refractivity (Wildman–Crippen MR) is 143 cm³/mol. The van der Waals surface area contributed by atoms with Crippen LogP contribution in [0.4, 0.5) is 5.69 Å². The number of Topliss-reactive ketones (excluding diaryl/α,β-unsaturated/α-hetero) is 1. The lowest BCUT2D eigenvalue weighted by atomic mass is 9.92. The molecule has 186 valence electrons. The van der Waals surface area contributed by atoms with E-state index < -0.39 is 11.5 Å². The lowest BCUT2D eigenvalue weighted by molar-refractivity contribution is 0.0971. The van der Waals surface area contributed by atoms with Gasteiger partial charge in [-0.25, -0.2) is 9.97 Å². The number of para-hydroxylation sites is 2. The predicted octanol–water partition coefficient (Wildman–Crippen LogP) is 5.34. The van der Waals surface area contributed by atoms with Crippen molar-refractivity contribution in [2.75, 3.05) is 5.32 Å². The molecule has 5 aromatic rings. The average molecular weight is 503 g/mol. The second kappa shape index (κ2) is 9.74. The van der Waals surface area contributed by atoms with Crippen LogP contribution in [0.25, 0.3) is 16.6 Å². The van der Waals surface area contributed by atoms with Gasteiger partial charge in [0.05, 0.1) is 10.9 Å². The van der Waals surface area contributed by atoms with E-state index in [4.69, 9.17) is 4.74 Å². The minimum atomic E-state index is -0.587. The molecule has 0 fully saturated rings. The van der Waals surface area contributed by atoms with E-state index in [0.717, 1.165) is 10.9 Å². The topological polar surface area (TPSA) is 103 Å². The van der Waals surface area contributed by atoms with Crippen LogP contribution >= 0.6 is 0 Å². The molecule has 8 nitrogen and oxygen atoms in total. The van der Waals surface area contributed by atoms with Crippen molar-refractivity contribution >= 4 is 28.3 Å². The number of amides is 1. The van der Waals surface area contributed by atoms with Gasteiger partial charge in [-0.2, -0.15) is 0 Å². The third kappa shape index (κ3) is 4.32. The Kier molecular flexibility index (Phi) is 5.97.